The van der Waals surface area contributed by atoms with Crippen molar-refractivity contribution in [3.8, 4) is 0 Å². The second-order valence-electron chi connectivity index (χ2n) is 22.6. The van der Waals surface area contributed by atoms with Crippen molar-refractivity contribution in [1.82, 2.24) is 0 Å². The zero-order chi connectivity index (χ0) is 58.2. The third-order valence-corrected chi connectivity index (χ3v) is 14.5. The van der Waals surface area contributed by atoms with E-state index in [4.69, 9.17) is 20.4 Å². The van der Waals surface area contributed by atoms with Gasteiger partial charge in [-0.1, -0.05) is 315 Å². The molecule has 462 valence electrons. The number of carbonyl (C=O) groups is 4. The minimum Gasteiger partial charge on any atom is -0.481 e. The van der Waals surface area contributed by atoms with Gasteiger partial charge in [0.15, 0.2) is 0 Å². The van der Waals surface area contributed by atoms with Gasteiger partial charge < -0.3 is 20.4 Å². The minimum atomic E-state index is -0.671. The zero-order valence-corrected chi connectivity index (χ0v) is 52.5. The fraction of sp³-hybridized carbons (Fsp3) is 0.857. The van der Waals surface area contributed by atoms with Crippen LogP contribution in [-0.2, 0) is 19.2 Å². The Labute approximate surface area is 485 Å². The fourth-order valence-corrected chi connectivity index (χ4v) is 9.38. The molecule has 0 rings (SSSR count). The van der Waals surface area contributed by atoms with Crippen LogP contribution in [0.5, 0.6) is 0 Å². The molecule has 0 saturated heterocycles. The number of hydrogen-bond acceptors (Lipinski definition) is 4. The van der Waals surface area contributed by atoms with E-state index in [1.807, 2.05) is 0 Å². The van der Waals surface area contributed by atoms with Gasteiger partial charge in [-0.25, -0.2) is 0 Å². The number of allylic oxidation sites excluding steroid dienone is 6. The number of carboxylic acid groups (broad SMARTS) is 4. The summed E-state index contributed by atoms with van der Waals surface area (Å²) >= 11 is 0. The Morgan fingerprint density at radius 1 is 0.205 bits per heavy atom. The van der Waals surface area contributed by atoms with Crippen molar-refractivity contribution < 1.29 is 39.6 Å². The van der Waals surface area contributed by atoms with Gasteiger partial charge in [0.25, 0.3) is 0 Å². The first-order valence-electron chi connectivity index (χ1n) is 33.9. The largest absolute Gasteiger partial charge is 0.481 e. The van der Waals surface area contributed by atoms with E-state index in [1.165, 1.54) is 270 Å². The molecule has 0 amide bonds. The van der Waals surface area contributed by atoms with E-state index in [0.29, 0.717) is 25.7 Å². The second kappa shape index (κ2) is 78.3. The topological polar surface area (TPSA) is 149 Å². The van der Waals surface area contributed by atoms with Crippen LogP contribution in [0, 0.1) is 0 Å². The first-order valence-corrected chi connectivity index (χ1v) is 33.9. The summed E-state index contributed by atoms with van der Waals surface area (Å²) in [6.45, 7) is 9.02. The molecule has 8 heteroatoms. The molecule has 0 heterocycles. The molecule has 0 saturated carbocycles. The predicted molar refractivity (Wildman–Crippen MR) is 339 cm³/mol. The van der Waals surface area contributed by atoms with Crippen molar-refractivity contribution in [2.45, 2.75) is 387 Å². The van der Waals surface area contributed by atoms with Crippen LogP contribution in [-0.4, -0.2) is 44.3 Å². The van der Waals surface area contributed by atoms with Crippen LogP contribution in [0.4, 0.5) is 0 Å². The van der Waals surface area contributed by atoms with E-state index in [9.17, 15) is 19.2 Å². The van der Waals surface area contributed by atoms with E-state index in [0.717, 1.165) is 64.2 Å². The van der Waals surface area contributed by atoms with Crippen molar-refractivity contribution in [2.24, 2.45) is 0 Å². The summed E-state index contributed by atoms with van der Waals surface area (Å²) in [7, 11) is 0. The molecular formula is C70H134O8. The summed E-state index contributed by atoms with van der Waals surface area (Å²) in [5, 5.41) is 34.0. The molecule has 0 aliphatic rings. The van der Waals surface area contributed by atoms with Gasteiger partial charge in [-0.05, 0) is 83.5 Å². The van der Waals surface area contributed by atoms with E-state index in [-0.39, 0.29) is 0 Å². The molecule has 0 aromatic carbocycles. The van der Waals surface area contributed by atoms with Crippen molar-refractivity contribution in [3.05, 3.63) is 36.5 Å². The first kappa shape index (κ1) is 81.6. The summed E-state index contributed by atoms with van der Waals surface area (Å²) < 4.78 is 0. The van der Waals surface area contributed by atoms with Crippen LogP contribution >= 0.6 is 0 Å². The number of rotatable bonds is 59. The van der Waals surface area contributed by atoms with E-state index in [1.54, 1.807) is 0 Å². The third-order valence-electron chi connectivity index (χ3n) is 14.5. The Morgan fingerprint density at radius 2 is 0.346 bits per heavy atom. The summed E-state index contributed by atoms with van der Waals surface area (Å²) in [6.07, 6.45) is 81.0. The van der Waals surface area contributed by atoms with Gasteiger partial charge in [0.05, 0.1) is 0 Å². The average Bonchev–Trinajstić information content (AvgIpc) is 3.41. The first-order chi connectivity index (χ1) is 38.1. The van der Waals surface area contributed by atoms with Gasteiger partial charge in [0.2, 0.25) is 0 Å². The molecule has 4 N–H and O–H groups in total. The maximum atomic E-state index is 10.3. The molecule has 0 aromatic heterocycles. The van der Waals surface area contributed by atoms with Gasteiger partial charge in [0, 0.05) is 25.7 Å². The highest BCUT2D eigenvalue weighted by Gasteiger charge is 2.00. The third kappa shape index (κ3) is 95.4. The van der Waals surface area contributed by atoms with Gasteiger partial charge in [-0.3, -0.25) is 19.2 Å². The Morgan fingerprint density at radius 3 is 0.538 bits per heavy atom. The fourth-order valence-electron chi connectivity index (χ4n) is 9.38. The molecule has 0 radical (unpaired) electrons. The van der Waals surface area contributed by atoms with Crippen LogP contribution in [0.1, 0.15) is 387 Å². The molecule has 0 aliphatic carbocycles. The summed E-state index contributed by atoms with van der Waals surface area (Å²) in [5.41, 5.74) is 0. The number of hydrogen-bond donors (Lipinski definition) is 4. The lowest BCUT2D eigenvalue weighted by Crippen LogP contribution is -1.93. The molecule has 0 aliphatic heterocycles. The van der Waals surface area contributed by atoms with Crippen molar-refractivity contribution >= 4 is 23.9 Å². The van der Waals surface area contributed by atoms with Crippen LogP contribution in [0.3, 0.4) is 0 Å². The van der Waals surface area contributed by atoms with Gasteiger partial charge in [-0.2, -0.15) is 0 Å². The summed E-state index contributed by atoms with van der Waals surface area (Å²) in [4.78, 5) is 41.3. The smallest absolute Gasteiger partial charge is 0.303 e. The van der Waals surface area contributed by atoms with Gasteiger partial charge in [-0.15, -0.1) is 0 Å². The van der Waals surface area contributed by atoms with Gasteiger partial charge in [0.1, 0.15) is 0 Å². The predicted octanol–water partition coefficient (Wildman–Crippen LogP) is 23.9. The Balaban J connectivity index is -0.000000468. The lowest BCUT2D eigenvalue weighted by molar-refractivity contribution is -0.138. The standard InChI is InChI=1S/C18H36O2.C18H34O2.C18H32O2.C16H32O2/c3*1-2-3-4-5-6-7-8-9-10-11-12-13-14-15-16-17-18(19)20;1-2-3-4-5-6-7-8-9-10-11-12-13-14-15-16(17)18/h2-17H2,1H3,(H,19,20);9-10H,2-8,11-17H2,1H3,(H,19,20);6-7,9-10H,2-5,8,11-17H2,1H3,(H,19,20);2-15H2,1H3,(H,17,18)/b;10-9+;7-6+,10-9+;. The van der Waals surface area contributed by atoms with E-state index >= 15 is 0 Å². The highest BCUT2D eigenvalue weighted by atomic mass is 16.4. The van der Waals surface area contributed by atoms with E-state index in [2.05, 4.69) is 64.2 Å². The SMILES string of the molecule is CCCCC/C=C/C/C=C/CCCCCCCC(=O)O.CCCCCCCC/C=C/CCCCCCCC(=O)O.CCCCCCCCCCCCCCCC(=O)O.CCCCCCCCCCCCCCCCCC(=O)O. The quantitative estimate of drug-likeness (QED) is 0.0347. The van der Waals surface area contributed by atoms with E-state index < -0.39 is 23.9 Å². The summed E-state index contributed by atoms with van der Waals surface area (Å²) in [6, 6.07) is 0. The molecule has 0 unspecified atom stereocenters. The Kier molecular flexibility index (Phi) is 81.9. The Bertz CT molecular complexity index is 1260. The number of unbranched alkanes of at least 4 members (excludes halogenated alkanes) is 45. The molecule has 0 bridgehead atoms. The second-order valence-corrected chi connectivity index (χ2v) is 22.6. The molecule has 0 fully saturated rings. The monoisotopic (exact) mass is 1100 g/mol. The zero-order valence-electron chi connectivity index (χ0n) is 52.5. The average molecular weight is 1100 g/mol. The van der Waals surface area contributed by atoms with Crippen molar-refractivity contribution in [3.63, 3.8) is 0 Å². The molecule has 0 atom stereocenters. The summed E-state index contributed by atoms with van der Waals surface area (Å²) in [5.74, 6) is -2.64. The molecule has 0 aromatic rings. The highest BCUT2D eigenvalue weighted by Crippen LogP contribution is 2.16. The van der Waals surface area contributed by atoms with Crippen LogP contribution in [0.25, 0.3) is 0 Å². The van der Waals surface area contributed by atoms with Crippen LogP contribution < -0.4 is 0 Å². The highest BCUT2D eigenvalue weighted by molar-refractivity contribution is 5.67. The maximum absolute atomic E-state index is 10.3. The lowest BCUT2D eigenvalue weighted by atomic mass is 10.0. The Hall–Kier alpha value is -2.90. The lowest BCUT2D eigenvalue weighted by Gasteiger charge is -2.03. The van der Waals surface area contributed by atoms with Crippen LogP contribution in [0.2, 0.25) is 0 Å². The van der Waals surface area contributed by atoms with Crippen molar-refractivity contribution in [1.29, 1.82) is 0 Å². The molecule has 8 nitrogen and oxygen atoms in total. The minimum absolute atomic E-state index is 0.324. The normalized spacial score (nSPS) is 11.1. The van der Waals surface area contributed by atoms with Crippen molar-refractivity contribution in [2.75, 3.05) is 0 Å². The molecule has 0 spiro atoms. The number of carboxylic acids is 4. The molecular weight excluding hydrogens is 969 g/mol. The number of aliphatic carboxylic acids is 4. The molecule has 78 heavy (non-hydrogen) atoms. The maximum Gasteiger partial charge on any atom is 0.303 e. The van der Waals surface area contributed by atoms with Gasteiger partial charge >= 0.3 is 23.9 Å². The van der Waals surface area contributed by atoms with Crippen LogP contribution in [0.15, 0.2) is 36.5 Å².